The number of likely N-dealkylation sites (tertiary alicyclic amines) is 1. The van der Waals surface area contributed by atoms with E-state index in [1.165, 1.54) is 6.07 Å². The number of amides is 1. The molecule has 20 heavy (non-hydrogen) atoms. The molecule has 0 aliphatic carbocycles. The van der Waals surface area contributed by atoms with E-state index in [1.807, 2.05) is 6.92 Å². The highest BCUT2D eigenvalue weighted by Gasteiger charge is 2.38. The number of hydrogen-bond acceptors (Lipinski definition) is 2. The van der Waals surface area contributed by atoms with Crippen LogP contribution in [0.25, 0.3) is 0 Å². The van der Waals surface area contributed by atoms with Crippen molar-refractivity contribution in [2.45, 2.75) is 32.0 Å². The number of halogens is 2. The molecule has 0 bridgehead atoms. The van der Waals surface area contributed by atoms with Crippen molar-refractivity contribution in [3.05, 3.63) is 35.4 Å². The Labute approximate surface area is 116 Å². The molecule has 108 valence electrons. The Balaban J connectivity index is 1.73. The van der Waals surface area contributed by atoms with E-state index < -0.39 is 11.6 Å². The van der Waals surface area contributed by atoms with Gasteiger partial charge in [-0.1, -0.05) is 0 Å². The second-order valence-corrected chi connectivity index (χ2v) is 5.65. The van der Waals surface area contributed by atoms with Crippen LogP contribution in [0.4, 0.5) is 8.78 Å². The third kappa shape index (κ3) is 2.42. The Bertz CT molecular complexity index is 535. The topological polar surface area (TPSA) is 29.5 Å². The van der Waals surface area contributed by atoms with E-state index in [-0.39, 0.29) is 23.7 Å². The van der Waals surface area contributed by atoms with Gasteiger partial charge in [0.05, 0.1) is 12.2 Å². The van der Waals surface area contributed by atoms with Crippen molar-refractivity contribution in [1.29, 1.82) is 0 Å². The van der Waals surface area contributed by atoms with E-state index in [1.54, 1.807) is 4.90 Å². The number of carbonyl (C=O) groups excluding carboxylic acids is 1. The van der Waals surface area contributed by atoms with Gasteiger partial charge in [-0.3, -0.25) is 4.79 Å². The van der Waals surface area contributed by atoms with Gasteiger partial charge in [0.25, 0.3) is 5.91 Å². The molecule has 0 saturated carbocycles. The zero-order valence-corrected chi connectivity index (χ0v) is 11.3. The highest BCUT2D eigenvalue weighted by molar-refractivity contribution is 5.94. The molecule has 2 aliphatic rings. The Morgan fingerprint density at radius 3 is 2.90 bits per heavy atom. The second kappa shape index (κ2) is 5.13. The molecule has 2 heterocycles. The minimum atomic E-state index is -0.989. The SMILES string of the molecule is C[C@@H]1C[C@@H]2CCN(C(=O)c3ccc(F)c(F)c3)C[C@H]2O1. The maximum Gasteiger partial charge on any atom is 0.254 e. The summed E-state index contributed by atoms with van der Waals surface area (Å²) in [4.78, 5) is 14.0. The van der Waals surface area contributed by atoms with Gasteiger partial charge in [0.15, 0.2) is 11.6 Å². The number of piperidine rings is 1. The number of benzene rings is 1. The molecule has 1 aromatic rings. The maximum absolute atomic E-state index is 13.2. The monoisotopic (exact) mass is 281 g/mol. The van der Waals surface area contributed by atoms with Gasteiger partial charge < -0.3 is 9.64 Å². The number of fused-ring (bicyclic) bond motifs is 1. The van der Waals surface area contributed by atoms with Gasteiger partial charge >= 0.3 is 0 Å². The Morgan fingerprint density at radius 1 is 1.35 bits per heavy atom. The van der Waals surface area contributed by atoms with E-state index in [2.05, 4.69) is 0 Å². The van der Waals surface area contributed by atoms with E-state index in [0.29, 0.717) is 19.0 Å². The highest BCUT2D eigenvalue weighted by atomic mass is 19.2. The van der Waals surface area contributed by atoms with Gasteiger partial charge in [-0.05, 0) is 43.9 Å². The molecule has 2 aliphatic heterocycles. The molecule has 3 nitrogen and oxygen atoms in total. The average molecular weight is 281 g/mol. The van der Waals surface area contributed by atoms with Gasteiger partial charge in [0.1, 0.15) is 0 Å². The van der Waals surface area contributed by atoms with Gasteiger partial charge in [-0.15, -0.1) is 0 Å². The summed E-state index contributed by atoms with van der Waals surface area (Å²) in [7, 11) is 0. The lowest BCUT2D eigenvalue weighted by atomic mass is 9.91. The Kier molecular flexibility index (Phi) is 3.46. The summed E-state index contributed by atoms with van der Waals surface area (Å²) < 4.78 is 31.9. The molecule has 0 N–H and O–H groups in total. The van der Waals surface area contributed by atoms with E-state index in [0.717, 1.165) is 25.0 Å². The maximum atomic E-state index is 13.2. The summed E-state index contributed by atoms with van der Waals surface area (Å²) in [6, 6.07) is 3.27. The van der Waals surface area contributed by atoms with Crippen molar-refractivity contribution >= 4 is 5.91 Å². The lowest BCUT2D eigenvalue weighted by Crippen LogP contribution is -2.45. The third-order valence-corrected chi connectivity index (χ3v) is 4.19. The molecule has 0 spiro atoms. The normalized spacial score (nSPS) is 29.4. The Morgan fingerprint density at radius 2 is 2.15 bits per heavy atom. The molecular weight excluding hydrogens is 264 g/mol. The highest BCUT2D eigenvalue weighted by Crippen LogP contribution is 2.33. The average Bonchev–Trinajstić information content (AvgIpc) is 2.80. The fourth-order valence-corrected chi connectivity index (χ4v) is 3.17. The van der Waals surface area contributed by atoms with Crippen molar-refractivity contribution in [2.24, 2.45) is 5.92 Å². The Hall–Kier alpha value is -1.49. The summed E-state index contributed by atoms with van der Waals surface area (Å²) in [5.74, 6) is -1.67. The molecule has 0 radical (unpaired) electrons. The van der Waals surface area contributed by atoms with Crippen LogP contribution < -0.4 is 0 Å². The molecule has 1 aromatic carbocycles. The lowest BCUT2D eigenvalue weighted by Gasteiger charge is -2.34. The van der Waals surface area contributed by atoms with Crippen LogP contribution in [0.1, 0.15) is 30.1 Å². The smallest absolute Gasteiger partial charge is 0.254 e. The van der Waals surface area contributed by atoms with Crippen molar-refractivity contribution in [1.82, 2.24) is 4.90 Å². The van der Waals surface area contributed by atoms with Crippen molar-refractivity contribution < 1.29 is 18.3 Å². The number of rotatable bonds is 1. The summed E-state index contributed by atoms with van der Waals surface area (Å²) in [5, 5.41) is 0. The molecule has 1 amide bonds. The molecule has 3 rings (SSSR count). The minimum Gasteiger partial charge on any atom is -0.373 e. The number of hydrogen-bond donors (Lipinski definition) is 0. The van der Waals surface area contributed by atoms with E-state index in [9.17, 15) is 13.6 Å². The molecule has 5 heteroatoms. The molecule has 0 unspecified atom stereocenters. The largest absolute Gasteiger partial charge is 0.373 e. The van der Waals surface area contributed by atoms with Crippen LogP contribution in [0, 0.1) is 17.6 Å². The second-order valence-electron chi connectivity index (χ2n) is 5.65. The quantitative estimate of drug-likeness (QED) is 0.792. The fraction of sp³-hybridized carbons (Fsp3) is 0.533. The molecule has 0 aromatic heterocycles. The first-order valence-electron chi connectivity index (χ1n) is 6.94. The zero-order valence-electron chi connectivity index (χ0n) is 11.3. The summed E-state index contributed by atoms with van der Waals surface area (Å²) in [6.45, 7) is 3.22. The van der Waals surface area contributed by atoms with Gasteiger partial charge in [0, 0.05) is 18.7 Å². The van der Waals surface area contributed by atoms with Crippen LogP contribution in [0.5, 0.6) is 0 Å². The molecule has 3 atom stereocenters. The standard InChI is InChI=1S/C15H17F2NO2/c1-9-6-10-4-5-18(8-14(10)20-9)15(19)11-2-3-12(16)13(17)7-11/h2-3,7,9-10,14H,4-6,8H2,1H3/t9-,10+,14-/m1/s1. The van der Waals surface area contributed by atoms with Gasteiger partial charge in [-0.2, -0.15) is 0 Å². The van der Waals surface area contributed by atoms with Crippen LogP contribution in [0.3, 0.4) is 0 Å². The first-order chi connectivity index (χ1) is 9.54. The summed E-state index contributed by atoms with van der Waals surface area (Å²) >= 11 is 0. The number of ether oxygens (including phenoxy) is 1. The van der Waals surface area contributed by atoms with Gasteiger partial charge in [0.2, 0.25) is 0 Å². The summed E-state index contributed by atoms with van der Waals surface area (Å²) in [5.41, 5.74) is 0.188. The first kappa shape index (κ1) is 13.5. The van der Waals surface area contributed by atoms with Crippen LogP contribution >= 0.6 is 0 Å². The van der Waals surface area contributed by atoms with Gasteiger partial charge in [-0.25, -0.2) is 8.78 Å². The predicted octanol–water partition coefficient (Wildman–Crippen LogP) is 2.60. The fourth-order valence-electron chi connectivity index (χ4n) is 3.17. The van der Waals surface area contributed by atoms with Crippen molar-refractivity contribution in [2.75, 3.05) is 13.1 Å². The van der Waals surface area contributed by atoms with E-state index >= 15 is 0 Å². The van der Waals surface area contributed by atoms with Crippen LogP contribution in [0.15, 0.2) is 18.2 Å². The zero-order chi connectivity index (χ0) is 14.3. The third-order valence-electron chi connectivity index (χ3n) is 4.19. The van der Waals surface area contributed by atoms with Crippen LogP contribution in [0.2, 0.25) is 0 Å². The molecule has 2 fully saturated rings. The molecular formula is C15H17F2NO2. The van der Waals surface area contributed by atoms with E-state index in [4.69, 9.17) is 4.74 Å². The molecule has 2 saturated heterocycles. The lowest BCUT2D eigenvalue weighted by molar-refractivity contribution is 0.00155. The number of carbonyl (C=O) groups is 1. The van der Waals surface area contributed by atoms with Crippen molar-refractivity contribution in [3.8, 4) is 0 Å². The summed E-state index contributed by atoms with van der Waals surface area (Å²) in [6.07, 6.45) is 2.26. The minimum absolute atomic E-state index is 0.0768. The van der Waals surface area contributed by atoms with Crippen LogP contribution in [-0.4, -0.2) is 36.1 Å². The predicted molar refractivity (Wildman–Crippen MR) is 69.3 cm³/mol. The number of nitrogens with zero attached hydrogens (tertiary/aromatic N) is 1. The van der Waals surface area contributed by atoms with Crippen LogP contribution in [-0.2, 0) is 4.74 Å². The van der Waals surface area contributed by atoms with Crippen molar-refractivity contribution in [3.63, 3.8) is 0 Å². The first-order valence-corrected chi connectivity index (χ1v) is 6.94.